The fourth-order valence-corrected chi connectivity index (χ4v) is 3.32. The summed E-state index contributed by atoms with van der Waals surface area (Å²) in [5.41, 5.74) is 1.86. The molecule has 0 aliphatic carbocycles. The van der Waals surface area contributed by atoms with Crippen LogP contribution in [0.3, 0.4) is 0 Å². The number of ether oxygens (including phenoxy) is 1. The zero-order valence-corrected chi connectivity index (χ0v) is 14.1. The van der Waals surface area contributed by atoms with Crippen LogP contribution in [0.4, 0.5) is 0 Å². The van der Waals surface area contributed by atoms with Crippen molar-refractivity contribution in [2.45, 2.75) is 31.7 Å². The molecule has 5 heteroatoms. The first-order chi connectivity index (χ1) is 12.3. The Balaban J connectivity index is 1.65. The number of aromatic amines is 1. The number of aromatic nitrogens is 3. The van der Waals surface area contributed by atoms with Crippen LogP contribution >= 0.6 is 0 Å². The van der Waals surface area contributed by atoms with Gasteiger partial charge in [-0.25, -0.2) is 0 Å². The first kappa shape index (κ1) is 15.6. The fraction of sp³-hybridized carbons (Fsp3) is 0.250. The molecule has 0 fully saturated rings. The molecule has 1 aliphatic rings. The Hall–Kier alpha value is -2.95. The van der Waals surface area contributed by atoms with Crippen molar-refractivity contribution in [3.8, 4) is 11.5 Å². The smallest absolute Gasteiger partial charge is 0.145 e. The number of nitrogens with one attached hydrogen (secondary N) is 1. The van der Waals surface area contributed by atoms with Crippen molar-refractivity contribution in [3.63, 3.8) is 0 Å². The number of benzene rings is 1. The minimum atomic E-state index is -0.158. The molecule has 1 aromatic carbocycles. The number of H-pyrrole nitrogens is 1. The maximum absolute atomic E-state index is 5.91. The summed E-state index contributed by atoms with van der Waals surface area (Å²) in [5.74, 6) is 1.50. The van der Waals surface area contributed by atoms with Gasteiger partial charge in [0.15, 0.2) is 0 Å². The van der Waals surface area contributed by atoms with Gasteiger partial charge >= 0.3 is 0 Å². The van der Waals surface area contributed by atoms with E-state index in [0.717, 1.165) is 47.4 Å². The molecule has 0 spiro atoms. The van der Waals surface area contributed by atoms with E-state index in [0.29, 0.717) is 0 Å². The summed E-state index contributed by atoms with van der Waals surface area (Å²) in [5, 5.41) is 8.70. The summed E-state index contributed by atoms with van der Waals surface area (Å²) in [6, 6.07) is 9.68. The lowest BCUT2D eigenvalue weighted by atomic mass is 9.89. The molecular weight excluding hydrogens is 312 g/mol. The molecule has 0 radical (unpaired) electrons. The quantitative estimate of drug-likeness (QED) is 0.724. The van der Waals surface area contributed by atoms with E-state index >= 15 is 0 Å². The lowest BCUT2D eigenvalue weighted by molar-refractivity contribution is 0.479. The lowest BCUT2D eigenvalue weighted by Crippen LogP contribution is -2.25. The second kappa shape index (κ2) is 6.51. The maximum Gasteiger partial charge on any atom is 0.145 e. The van der Waals surface area contributed by atoms with Gasteiger partial charge < -0.3 is 4.74 Å². The Labute approximate surface area is 146 Å². The standard InChI is InChI=1S/C20H20N4O/c1-2-8-20(9-4-11-22-20)13-19-17-12-15(6-7-18(17)23-24-19)25-16-5-3-10-21-14-16/h3-7,9-12,14H,2,8,13H2,1H3,(H,23,24). The fourth-order valence-electron chi connectivity index (χ4n) is 3.32. The number of hydrogen-bond acceptors (Lipinski definition) is 4. The van der Waals surface area contributed by atoms with E-state index < -0.39 is 0 Å². The minimum absolute atomic E-state index is 0.158. The molecule has 0 saturated heterocycles. The van der Waals surface area contributed by atoms with Crippen molar-refractivity contribution in [1.29, 1.82) is 0 Å². The van der Waals surface area contributed by atoms with Crippen molar-refractivity contribution >= 4 is 17.1 Å². The Morgan fingerprint density at radius 2 is 2.16 bits per heavy atom. The van der Waals surface area contributed by atoms with Crippen LogP contribution in [0.15, 0.2) is 59.9 Å². The van der Waals surface area contributed by atoms with Crippen LogP contribution < -0.4 is 4.74 Å². The first-order valence-electron chi connectivity index (χ1n) is 8.56. The van der Waals surface area contributed by atoms with E-state index in [1.54, 1.807) is 12.4 Å². The van der Waals surface area contributed by atoms with Crippen LogP contribution in [0.2, 0.25) is 0 Å². The minimum Gasteiger partial charge on any atom is -0.456 e. The predicted molar refractivity (Wildman–Crippen MR) is 99.4 cm³/mol. The summed E-state index contributed by atoms with van der Waals surface area (Å²) in [4.78, 5) is 8.79. The number of aliphatic imine (C=N–C) groups is 1. The highest BCUT2D eigenvalue weighted by Crippen LogP contribution is 2.32. The number of fused-ring (bicyclic) bond motifs is 1. The van der Waals surface area contributed by atoms with Gasteiger partial charge in [-0.05, 0) is 42.8 Å². The molecular formula is C20H20N4O. The largest absolute Gasteiger partial charge is 0.456 e. The van der Waals surface area contributed by atoms with Crippen LogP contribution in [0.1, 0.15) is 25.5 Å². The molecule has 2 aromatic heterocycles. The zero-order chi connectivity index (χ0) is 17.1. The lowest BCUT2D eigenvalue weighted by Gasteiger charge is -2.23. The van der Waals surface area contributed by atoms with Crippen LogP contribution in [0.5, 0.6) is 11.5 Å². The molecule has 0 bridgehead atoms. The number of pyridine rings is 1. The third-order valence-electron chi connectivity index (χ3n) is 4.46. The monoisotopic (exact) mass is 332 g/mol. The summed E-state index contributed by atoms with van der Waals surface area (Å²) >= 11 is 0. The Morgan fingerprint density at radius 3 is 2.92 bits per heavy atom. The van der Waals surface area contributed by atoms with Crippen LogP contribution in [-0.4, -0.2) is 26.9 Å². The molecule has 25 heavy (non-hydrogen) atoms. The second-order valence-electron chi connectivity index (χ2n) is 6.34. The first-order valence-corrected chi connectivity index (χ1v) is 8.56. The third kappa shape index (κ3) is 3.18. The summed E-state index contributed by atoms with van der Waals surface area (Å²) in [7, 11) is 0. The topological polar surface area (TPSA) is 63.2 Å². The van der Waals surface area contributed by atoms with Crippen LogP contribution in [0.25, 0.3) is 10.9 Å². The van der Waals surface area contributed by atoms with Gasteiger partial charge in [-0.3, -0.25) is 15.1 Å². The highest BCUT2D eigenvalue weighted by molar-refractivity contribution is 5.83. The normalized spacial score (nSPS) is 18.9. The van der Waals surface area contributed by atoms with Gasteiger partial charge in [0.2, 0.25) is 0 Å². The van der Waals surface area contributed by atoms with Gasteiger partial charge in [0.25, 0.3) is 0 Å². The highest BCUT2D eigenvalue weighted by Gasteiger charge is 2.28. The van der Waals surface area contributed by atoms with Gasteiger partial charge in [0.1, 0.15) is 11.5 Å². The van der Waals surface area contributed by atoms with Crippen molar-refractivity contribution in [3.05, 3.63) is 60.6 Å². The molecule has 0 amide bonds. The molecule has 0 saturated carbocycles. The van der Waals surface area contributed by atoms with E-state index in [1.807, 2.05) is 42.6 Å². The number of rotatable bonds is 6. The van der Waals surface area contributed by atoms with E-state index in [2.05, 4.69) is 28.2 Å². The summed E-state index contributed by atoms with van der Waals surface area (Å²) in [6.07, 6.45) is 12.5. The molecule has 1 atom stereocenters. The molecule has 5 nitrogen and oxygen atoms in total. The number of hydrogen-bond donors (Lipinski definition) is 1. The van der Waals surface area contributed by atoms with Crippen LogP contribution in [-0.2, 0) is 6.42 Å². The molecule has 1 N–H and O–H groups in total. The predicted octanol–water partition coefficient (Wildman–Crippen LogP) is 4.47. The van der Waals surface area contributed by atoms with Gasteiger partial charge in [0.05, 0.1) is 17.3 Å². The number of allylic oxidation sites excluding steroid dienone is 1. The molecule has 126 valence electrons. The van der Waals surface area contributed by atoms with Crippen molar-refractivity contribution in [2.75, 3.05) is 0 Å². The molecule has 3 aromatic rings. The SMILES string of the molecule is CCCC1(Cc2[nH]nc3ccc(Oc4cccnc4)cc23)C=CC=N1. The van der Waals surface area contributed by atoms with Gasteiger partial charge in [-0.2, -0.15) is 5.10 Å². The average Bonchev–Trinajstić information content (AvgIpc) is 3.24. The zero-order valence-electron chi connectivity index (χ0n) is 14.1. The highest BCUT2D eigenvalue weighted by atomic mass is 16.5. The summed E-state index contributed by atoms with van der Waals surface area (Å²) in [6.45, 7) is 2.19. The number of nitrogens with zero attached hydrogens (tertiary/aromatic N) is 3. The van der Waals surface area contributed by atoms with Gasteiger partial charge in [-0.1, -0.05) is 19.4 Å². The van der Waals surface area contributed by atoms with Gasteiger partial charge in [0, 0.05) is 29.9 Å². The van der Waals surface area contributed by atoms with E-state index in [1.165, 1.54) is 0 Å². The van der Waals surface area contributed by atoms with E-state index in [4.69, 9.17) is 9.73 Å². The molecule has 3 heterocycles. The molecule has 1 unspecified atom stereocenters. The Kier molecular flexibility index (Phi) is 4.06. The van der Waals surface area contributed by atoms with Gasteiger partial charge in [-0.15, -0.1) is 0 Å². The average molecular weight is 332 g/mol. The third-order valence-corrected chi connectivity index (χ3v) is 4.46. The Morgan fingerprint density at radius 1 is 1.20 bits per heavy atom. The molecule has 1 aliphatic heterocycles. The van der Waals surface area contributed by atoms with E-state index in [9.17, 15) is 0 Å². The van der Waals surface area contributed by atoms with Crippen molar-refractivity contribution in [2.24, 2.45) is 4.99 Å². The van der Waals surface area contributed by atoms with E-state index in [-0.39, 0.29) is 5.54 Å². The molecule has 4 rings (SSSR count). The summed E-state index contributed by atoms with van der Waals surface area (Å²) < 4.78 is 5.91. The second-order valence-corrected chi connectivity index (χ2v) is 6.34. The van der Waals surface area contributed by atoms with Crippen molar-refractivity contribution in [1.82, 2.24) is 15.2 Å². The maximum atomic E-state index is 5.91. The Bertz CT molecular complexity index is 915. The van der Waals surface area contributed by atoms with Crippen molar-refractivity contribution < 1.29 is 4.74 Å². The van der Waals surface area contributed by atoms with Crippen LogP contribution in [0, 0.1) is 0 Å².